The van der Waals surface area contributed by atoms with Gasteiger partial charge in [-0.1, -0.05) is 18.2 Å². The Morgan fingerprint density at radius 2 is 2.13 bits per heavy atom. The number of benzene rings is 1. The standard InChI is InChI=1S/C12H15NO2/c1-3-8-13-9-10-4-6-11(7-5-10)12(14)15-2/h3-7,13H,1,8-9H2,2H3. The highest BCUT2D eigenvalue weighted by Crippen LogP contribution is 2.05. The maximum absolute atomic E-state index is 11.1. The van der Waals surface area contributed by atoms with E-state index < -0.39 is 0 Å². The molecule has 0 saturated heterocycles. The van der Waals surface area contributed by atoms with Crippen molar-refractivity contribution in [1.29, 1.82) is 0 Å². The summed E-state index contributed by atoms with van der Waals surface area (Å²) in [4.78, 5) is 11.1. The van der Waals surface area contributed by atoms with E-state index in [1.165, 1.54) is 7.11 Å². The van der Waals surface area contributed by atoms with E-state index in [-0.39, 0.29) is 5.97 Å². The van der Waals surface area contributed by atoms with Crippen LogP contribution in [0.1, 0.15) is 15.9 Å². The average molecular weight is 205 g/mol. The lowest BCUT2D eigenvalue weighted by Gasteiger charge is -2.03. The Hall–Kier alpha value is -1.61. The average Bonchev–Trinajstić information content (AvgIpc) is 2.29. The van der Waals surface area contributed by atoms with Crippen molar-refractivity contribution >= 4 is 5.97 Å². The van der Waals surface area contributed by atoms with Crippen LogP contribution in [0.4, 0.5) is 0 Å². The van der Waals surface area contributed by atoms with Crippen molar-refractivity contribution in [1.82, 2.24) is 5.32 Å². The minimum absolute atomic E-state index is 0.305. The third-order valence-electron chi connectivity index (χ3n) is 1.99. The van der Waals surface area contributed by atoms with Crippen LogP contribution in [0.2, 0.25) is 0 Å². The van der Waals surface area contributed by atoms with Gasteiger partial charge >= 0.3 is 5.97 Å². The molecule has 15 heavy (non-hydrogen) atoms. The first-order chi connectivity index (χ1) is 7.27. The molecule has 0 spiro atoms. The lowest BCUT2D eigenvalue weighted by molar-refractivity contribution is 0.0600. The normalized spacial score (nSPS) is 9.67. The molecule has 1 rings (SSSR count). The van der Waals surface area contributed by atoms with Gasteiger partial charge in [0.05, 0.1) is 12.7 Å². The highest BCUT2D eigenvalue weighted by Gasteiger charge is 2.03. The minimum Gasteiger partial charge on any atom is -0.465 e. The Balaban J connectivity index is 2.56. The SMILES string of the molecule is C=CCNCc1ccc(C(=O)OC)cc1. The fourth-order valence-electron chi connectivity index (χ4n) is 1.20. The number of nitrogens with one attached hydrogen (secondary N) is 1. The van der Waals surface area contributed by atoms with Crippen molar-refractivity contribution in [2.24, 2.45) is 0 Å². The van der Waals surface area contributed by atoms with Gasteiger partial charge in [-0.15, -0.1) is 6.58 Å². The van der Waals surface area contributed by atoms with E-state index in [2.05, 4.69) is 16.6 Å². The second kappa shape index (κ2) is 5.98. The molecule has 0 saturated carbocycles. The van der Waals surface area contributed by atoms with E-state index in [0.717, 1.165) is 18.7 Å². The van der Waals surface area contributed by atoms with Gasteiger partial charge < -0.3 is 10.1 Å². The molecule has 0 unspecified atom stereocenters. The second-order valence-electron chi connectivity index (χ2n) is 3.11. The molecule has 0 radical (unpaired) electrons. The lowest BCUT2D eigenvalue weighted by atomic mass is 10.1. The van der Waals surface area contributed by atoms with Crippen LogP contribution in [-0.2, 0) is 11.3 Å². The van der Waals surface area contributed by atoms with Crippen molar-refractivity contribution in [3.8, 4) is 0 Å². The van der Waals surface area contributed by atoms with Gasteiger partial charge in [-0.3, -0.25) is 0 Å². The molecule has 0 fully saturated rings. The predicted octanol–water partition coefficient (Wildman–Crippen LogP) is 1.75. The summed E-state index contributed by atoms with van der Waals surface area (Å²) in [6.07, 6.45) is 1.81. The predicted molar refractivity (Wildman–Crippen MR) is 59.7 cm³/mol. The largest absolute Gasteiger partial charge is 0.465 e. The van der Waals surface area contributed by atoms with Crippen LogP contribution in [0.25, 0.3) is 0 Å². The number of carbonyl (C=O) groups is 1. The highest BCUT2D eigenvalue weighted by molar-refractivity contribution is 5.89. The van der Waals surface area contributed by atoms with E-state index in [4.69, 9.17) is 0 Å². The van der Waals surface area contributed by atoms with E-state index in [1.54, 1.807) is 12.1 Å². The molecule has 1 aromatic carbocycles. The van der Waals surface area contributed by atoms with Gasteiger partial charge in [-0.05, 0) is 17.7 Å². The summed E-state index contributed by atoms with van der Waals surface area (Å²) < 4.78 is 4.61. The Bertz CT molecular complexity index is 330. The molecule has 0 aliphatic heterocycles. The van der Waals surface area contributed by atoms with E-state index >= 15 is 0 Å². The molecule has 0 bridgehead atoms. The molecule has 3 nitrogen and oxygen atoms in total. The van der Waals surface area contributed by atoms with Crippen molar-refractivity contribution in [2.75, 3.05) is 13.7 Å². The van der Waals surface area contributed by atoms with Crippen molar-refractivity contribution in [2.45, 2.75) is 6.54 Å². The summed E-state index contributed by atoms with van der Waals surface area (Å²) in [7, 11) is 1.38. The minimum atomic E-state index is -0.305. The van der Waals surface area contributed by atoms with Crippen LogP contribution in [0, 0.1) is 0 Å². The zero-order valence-electron chi connectivity index (χ0n) is 8.82. The van der Waals surface area contributed by atoms with Gasteiger partial charge in [0.25, 0.3) is 0 Å². The van der Waals surface area contributed by atoms with Crippen molar-refractivity contribution in [3.63, 3.8) is 0 Å². The number of hydrogen-bond acceptors (Lipinski definition) is 3. The zero-order chi connectivity index (χ0) is 11.1. The first-order valence-corrected chi connectivity index (χ1v) is 4.77. The molecule has 1 aromatic rings. The van der Waals surface area contributed by atoms with E-state index in [9.17, 15) is 4.79 Å². The summed E-state index contributed by atoms with van der Waals surface area (Å²) >= 11 is 0. The van der Waals surface area contributed by atoms with Crippen LogP contribution in [0.5, 0.6) is 0 Å². The Kier molecular flexibility index (Phi) is 4.57. The molecule has 0 heterocycles. The number of esters is 1. The molecule has 80 valence electrons. The summed E-state index contributed by atoms with van der Waals surface area (Å²) in [5, 5.41) is 3.18. The topological polar surface area (TPSA) is 38.3 Å². The van der Waals surface area contributed by atoms with Crippen LogP contribution in [0.15, 0.2) is 36.9 Å². The molecular weight excluding hydrogens is 190 g/mol. The van der Waals surface area contributed by atoms with Gasteiger partial charge in [0.2, 0.25) is 0 Å². The zero-order valence-corrected chi connectivity index (χ0v) is 8.82. The molecule has 0 aliphatic carbocycles. The maximum Gasteiger partial charge on any atom is 0.337 e. The van der Waals surface area contributed by atoms with Gasteiger partial charge in [0.1, 0.15) is 0 Å². The van der Waals surface area contributed by atoms with E-state index in [1.807, 2.05) is 18.2 Å². The number of hydrogen-bond donors (Lipinski definition) is 1. The summed E-state index contributed by atoms with van der Waals surface area (Å²) in [6, 6.07) is 7.33. The molecular formula is C12H15NO2. The van der Waals surface area contributed by atoms with Crippen LogP contribution in [0.3, 0.4) is 0 Å². The number of rotatable bonds is 5. The van der Waals surface area contributed by atoms with Gasteiger partial charge in [0.15, 0.2) is 0 Å². The van der Waals surface area contributed by atoms with Gasteiger partial charge in [-0.25, -0.2) is 4.79 Å². The molecule has 0 aliphatic rings. The van der Waals surface area contributed by atoms with Gasteiger partial charge in [-0.2, -0.15) is 0 Å². The second-order valence-corrected chi connectivity index (χ2v) is 3.11. The van der Waals surface area contributed by atoms with Crippen molar-refractivity contribution in [3.05, 3.63) is 48.0 Å². The van der Waals surface area contributed by atoms with E-state index in [0.29, 0.717) is 5.56 Å². The third-order valence-corrected chi connectivity index (χ3v) is 1.99. The fourth-order valence-corrected chi connectivity index (χ4v) is 1.20. The lowest BCUT2D eigenvalue weighted by Crippen LogP contribution is -2.12. The summed E-state index contributed by atoms with van der Waals surface area (Å²) in [5.41, 5.74) is 1.70. The third kappa shape index (κ3) is 3.56. The Labute approximate surface area is 89.8 Å². The summed E-state index contributed by atoms with van der Waals surface area (Å²) in [6.45, 7) is 5.16. The Morgan fingerprint density at radius 3 is 2.67 bits per heavy atom. The summed E-state index contributed by atoms with van der Waals surface area (Å²) in [5.74, 6) is -0.305. The molecule has 1 N–H and O–H groups in total. The highest BCUT2D eigenvalue weighted by atomic mass is 16.5. The molecule has 0 aromatic heterocycles. The van der Waals surface area contributed by atoms with Crippen LogP contribution >= 0.6 is 0 Å². The molecule has 3 heteroatoms. The van der Waals surface area contributed by atoms with Crippen LogP contribution < -0.4 is 5.32 Å². The first-order valence-electron chi connectivity index (χ1n) is 4.77. The molecule has 0 amide bonds. The van der Waals surface area contributed by atoms with Crippen LogP contribution in [-0.4, -0.2) is 19.6 Å². The number of ether oxygens (including phenoxy) is 1. The Morgan fingerprint density at radius 1 is 1.47 bits per heavy atom. The van der Waals surface area contributed by atoms with Gasteiger partial charge in [0, 0.05) is 13.1 Å². The van der Waals surface area contributed by atoms with Crippen molar-refractivity contribution < 1.29 is 9.53 Å². The first kappa shape index (κ1) is 11.5. The maximum atomic E-state index is 11.1. The smallest absolute Gasteiger partial charge is 0.337 e. The fraction of sp³-hybridized carbons (Fsp3) is 0.250. The number of methoxy groups -OCH3 is 1. The monoisotopic (exact) mass is 205 g/mol. The number of carbonyl (C=O) groups excluding carboxylic acids is 1. The quantitative estimate of drug-likeness (QED) is 0.452. The molecule has 0 atom stereocenters.